The Morgan fingerprint density at radius 1 is 1.29 bits per heavy atom. The van der Waals surface area contributed by atoms with E-state index in [0.717, 1.165) is 10.7 Å². The van der Waals surface area contributed by atoms with Gasteiger partial charge in [0.05, 0.1) is 11.8 Å². The maximum atomic E-state index is 14.1. The summed E-state index contributed by atoms with van der Waals surface area (Å²) in [7, 11) is 0. The fourth-order valence-corrected chi connectivity index (χ4v) is 2.13. The molecule has 0 aliphatic heterocycles. The van der Waals surface area contributed by atoms with Crippen LogP contribution in [-0.4, -0.2) is 49.9 Å². The molecule has 9 heteroatoms. The van der Waals surface area contributed by atoms with Gasteiger partial charge in [-0.25, -0.2) is 14.0 Å². The lowest BCUT2D eigenvalue weighted by Crippen LogP contribution is -2.40. The standard InChI is InChI=1S/C15H20FN5O3/c1-5-19(6-2)14(22)21-15(23)20(17-18-21)11-7-8-13(12(16)9-11)24-10(3)4/h7-10H,5-6H2,1-4H3. The van der Waals surface area contributed by atoms with Crippen LogP contribution in [0.1, 0.15) is 27.7 Å². The molecule has 130 valence electrons. The zero-order chi connectivity index (χ0) is 17.9. The van der Waals surface area contributed by atoms with E-state index in [4.69, 9.17) is 4.74 Å². The molecular formula is C15H20FN5O3. The summed E-state index contributed by atoms with van der Waals surface area (Å²) in [4.78, 5) is 25.9. The predicted molar refractivity (Wildman–Crippen MR) is 85.1 cm³/mol. The first-order chi connectivity index (χ1) is 11.4. The van der Waals surface area contributed by atoms with Crippen LogP contribution in [0.3, 0.4) is 0 Å². The minimum absolute atomic E-state index is 0.0772. The third kappa shape index (κ3) is 3.44. The van der Waals surface area contributed by atoms with Gasteiger partial charge in [-0.05, 0) is 50.3 Å². The van der Waals surface area contributed by atoms with Gasteiger partial charge in [-0.3, -0.25) is 0 Å². The number of benzene rings is 1. The van der Waals surface area contributed by atoms with Crippen molar-refractivity contribution in [1.82, 2.24) is 24.7 Å². The number of ether oxygens (including phenoxy) is 1. The first-order valence-corrected chi connectivity index (χ1v) is 7.69. The zero-order valence-corrected chi connectivity index (χ0v) is 14.1. The molecule has 0 aliphatic rings. The molecule has 0 saturated carbocycles. The Hall–Kier alpha value is -2.71. The summed E-state index contributed by atoms with van der Waals surface area (Å²) in [6.45, 7) is 8.01. The van der Waals surface area contributed by atoms with Crippen LogP contribution in [-0.2, 0) is 0 Å². The highest BCUT2D eigenvalue weighted by Gasteiger charge is 2.20. The number of rotatable bonds is 5. The molecule has 2 aromatic rings. The van der Waals surface area contributed by atoms with Crippen molar-refractivity contribution in [1.29, 1.82) is 0 Å². The van der Waals surface area contributed by atoms with Crippen molar-refractivity contribution in [3.8, 4) is 11.4 Å². The van der Waals surface area contributed by atoms with E-state index in [0.29, 0.717) is 17.8 Å². The normalized spacial score (nSPS) is 10.9. The van der Waals surface area contributed by atoms with Crippen molar-refractivity contribution < 1.29 is 13.9 Å². The Labute approximate surface area is 138 Å². The molecule has 1 heterocycles. The summed E-state index contributed by atoms with van der Waals surface area (Å²) >= 11 is 0. The van der Waals surface area contributed by atoms with E-state index in [1.165, 1.54) is 17.0 Å². The SMILES string of the molecule is CCN(CC)C(=O)n1nnn(-c2ccc(OC(C)C)c(F)c2)c1=O. The highest BCUT2D eigenvalue weighted by atomic mass is 19.1. The molecule has 0 fully saturated rings. The molecule has 8 nitrogen and oxygen atoms in total. The minimum atomic E-state index is -0.760. The molecule has 0 N–H and O–H groups in total. The Morgan fingerprint density at radius 3 is 2.50 bits per heavy atom. The molecule has 24 heavy (non-hydrogen) atoms. The Morgan fingerprint density at radius 2 is 1.96 bits per heavy atom. The number of hydrogen-bond acceptors (Lipinski definition) is 5. The lowest BCUT2D eigenvalue weighted by Gasteiger charge is -2.16. The van der Waals surface area contributed by atoms with E-state index < -0.39 is 17.5 Å². The van der Waals surface area contributed by atoms with Gasteiger partial charge < -0.3 is 9.64 Å². The van der Waals surface area contributed by atoms with Crippen molar-refractivity contribution in [2.45, 2.75) is 33.8 Å². The second-order valence-electron chi connectivity index (χ2n) is 5.32. The van der Waals surface area contributed by atoms with Gasteiger partial charge in [0, 0.05) is 19.2 Å². The smallest absolute Gasteiger partial charge is 0.377 e. The first-order valence-electron chi connectivity index (χ1n) is 7.69. The third-order valence-corrected chi connectivity index (χ3v) is 3.32. The summed E-state index contributed by atoms with van der Waals surface area (Å²) in [6.07, 6.45) is -0.180. The second-order valence-corrected chi connectivity index (χ2v) is 5.32. The van der Waals surface area contributed by atoms with E-state index in [-0.39, 0.29) is 17.5 Å². The number of carbonyl (C=O) groups is 1. The van der Waals surface area contributed by atoms with Crippen LogP contribution in [0.25, 0.3) is 5.69 Å². The summed E-state index contributed by atoms with van der Waals surface area (Å²) < 4.78 is 20.9. The number of tetrazole rings is 1. The molecule has 2 rings (SSSR count). The van der Waals surface area contributed by atoms with E-state index in [1.54, 1.807) is 27.7 Å². The lowest BCUT2D eigenvalue weighted by atomic mass is 10.3. The van der Waals surface area contributed by atoms with Crippen LogP contribution in [0.2, 0.25) is 0 Å². The molecule has 0 bridgehead atoms. The third-order valence-electron chi connectivity index (χ3n) is 3.32. The van der Waals surface area contributed by atoms with Gasteiger partial charge in [0.1, 0.15) is 0 Å². The van der Waals surface area contributed by atoms with Gasteiger partial charge in [-0.1, -0.05) is 0 Å². The quantitative estimate of drug-likeness (QED) is 0.775. The summed E-state index contributed by atoms with van der Waals surface area (Å²) in [6, 6.07) is 3.42. The lowest BCUT2D eigenvalue weighted by molar-refractivity contribution is 0.200. The molecule has 0 radical (unpaired) electrons. The number of halogens is 1. The number of hydrogen-bond donors (Lipinski definition) is 0. The van der Waals surface area contributed by atoms with Gasteiger partial charge in [0.15, 0.2) is 11.6 Å². The van der Waals surface area contributed by atoms with E-state index >= 15 is 0 Å². The van der Waals surface area contributed by atoms with Crippen LogP contribution < -0.4 is 10.4 Å². The maximum Gasteiger partial charge on any atom is 0.377 e. The molecule has 0 spiro atoms. The second kappa shape index (κ2) is 7.24. The Bertz CT molecular complexity index is 780. The summed E-state index contributed by atoms with van der Waals surface area (Å²) in [5.74, 6) is -0.550. The highest BCUT2D eigenvalue weighted by molar-refractivity contribution is 5.75. The minimum Gasteiger partial charge on any atom is -0.488 e. The molecule has 1 aromatic heterocycles. The van der Waals surface area contributed by atoms with Crippen LogP contribution >= 0.6 is 0 Å². The molecule has 0 aliphatic carbocycles. The fraction of sp³-hybridized carbons (Fsp3) is 0.467. The number of carbonyl (C=O) groups excluding carboxylic acids is 1. The van der Waals surface area contributed by atoms with Crippen molar-refractivity contribution in [2.75, 3.05) is 13.1 Å². The van der Waals surface area contributed by atoms with Crippen LogP contribution in [0, 0.1) is 5.82 Å². The van der Waals surface area contributed by atoms with Crippen molar-refractivity contribution in [3.63, 3.8) is 0 Å². The molecular weight excluding hydrogens is 317 g/mol. The van der Waals surface area contributed by atoms with Crippen molar-refractivity contribution in [2.24, 2.45) is 0 Å². The van der Waals surface area contributed by atoms with Gasteiger partial charge in [0.2, 0.25) is 0 Å². The van der Waals surface area contributed by atoms with Crippen molar-refractivity contribution in [3.05, 3.63) is 34.5 Å². The number of amides is 1. The van der Waals surface area contributed by atoms with Gasteiger partial charge in [-0.15, -0.1) is 4.68 Å². The van der Waals surface area contributed by atoms with E-state index in [9.17, 15) is 14.0 Å². The number of aromatic nitrogens is 4. The Kier molecular flexibility index (Phi) is 5.32. The average Bonchev–Trinajstić information content (AvgIpc) is 2.91. The largest absolute Gasteiger partial charge is 0.488 e. The summed E-state index contributed by atoms with van der Waals surface area (Å²) in [5.41, 5.74) is -0.601. The summed E-state index contributed by atoms with van der Waals surface area (Å²) in [5, 5.41) is 7.23. The average molecular weight is 337 g/mol. The van der Waals surface area contributed by atoms with Crippen molar-refractivity contribution >= 4 is 6.03 Å². The van der Waals surface area contributed by atoms with Crippen LogP contribution in [0.15, 0.2) is 23.0 Å². The zero-order valence-electron chi connectivity index (χ0n) is 14.1. The van der Waals surface area contributed by atoms with Crippen LogP contribution in [0.4, 0.5) is 9.18 Å². The van der Waals surface area contributed by atoms with Crippen LogP contribution in [0.5, 0.6) is 5.75 Å². The first kappa shape index (κ1) is 17.6. The topological polar surface area (TPSA) is 82.2 Å². The molecule has 0 saturated heterocycles. The Balaban J connectivity index is 2.36. The maximum absolute atomic E-state index is 14.1. The highest BCUT2D eigenvalue weighted by Crippen LogP contribution is 2.20. The predicted octanol–water partition coefficient (Wildman–Crippen LogP) is 1.67. The van der Waals surface area contributed by atoms with E-state index in [2.05, 4.69) is 10.4 Å². The number of nitrogens with zero attached hydrogens (tertiary/aromatic N) is 5. The van der Waals surface area contributed by atoms with Gasteiger partial charge in [0.25, 0.3) is 0 Å². The fourth-order valence-electron chi connectivity index (χ4n) is 2.13. The van der Waals surface area contributed by atoms with E-state index in [1.807, 2.05) is 0 Å². The molecule has 0 unspecified atom stereocenters. The molecule has 1 amide bonds. The van der Waals surface area contributed by atoms with Gasteiger partial charge in [-0.2, -0.15) is 4.68 Å². The monoisotopic (exact) mass is 337 g/mol. The molecule has 1 aromatic carbocycles. The van der Waals surface area contributed by atoms with Gasteiger partial charge >= 0.3 is 11.7 Å². The molecule has 0 atom stereocenters.